The van der Waals surface area contributed by atoms with Gasteiger partial charge in [-0.05, 0) is 99.5 Å². The summed E-state index contributed by atoms with van der Waals surface area (Å²) in [6.07, 6.45) is 13.3. The lowest BCUT2D eigenvalue weighted by Gasteiger charge is -2.29. The Hall–Kier alpha value is -2.22. The summed E-state index contributed by atoms with van der Waals surface area (Å²) in [7, 11) is 0. The van der Waals surface area contributed by atoms with E-state index in [0.29, 0.717) is 11.8 Å². The van der Waals surface area contributed by atoms with Gasteiger partial charge in [-0.25, -0.2) is 0 Å². The fourth-order valence-corrected chi connectivity index (χ4v) is 5.81. The zero-order chi connectivity index (χ0) is 27.8. The van der Waals surface area contributed by atoms with Gasteiger partial charge >= 0.3 is 0 Å². The molecule has 0 aliphatic rings. The van der Waals surface area contributed by atoms with E-state index in [4.69, 9.17) is 9.47 Å². The summed E-state index contributed by atoms with van der Waals surface area (Å²) in [5.41, 5.74) is 5.37. The van der Waals surface area contributed by atoms with Crippen LogP contribution in [0.2, 0.25) is 0 Å². The summed E-state index contributed by atoms with van der Waals surface area (Å²) in [4.78, 5) is 0. The van der Waals surface area contributed by atoms with Gasteiger partial charge in [-0.1, -0.05) is 102 Å². The quantitative estimate of drug-likeness (QED) is 0.128. The third kappa shape index (κ3) is 11.3. The highest BCUT2D eigenvalue weighted by atomic mass is 16.5. The number of ether oxygens (including phenoxy) is 2. The van der Waals surface area contributed by atoms with Crippen LogP contribution in [0.5, 0.6) is 11.5 Å². The minimum Gasteiger partial charge on any atom is -0.494 e. The standard InChI is InChI=1S/C36H56O2/c1-8-14-31(10-3)16-12-17-32(26-29(6)15-13-25-37-34-21-18-28(5)19-22-34)35(11-4)33-20-23-36(30(7)27-33)38-24-9-2/h18-23,27,31-32,35H,6,8-17,24-26H2,1-5,7H3. The molecule has 3 atom stereocenters. The molecule has 0 heterocycles. The van der Waals surface area contributed by atoms with E-state index in [0.717, 1.165) is 62.7 Å². The smallest absolute Gasteiger partial charge is 0.122 e. The van der Waals surface area contributed by atoms with Gasteiger partial charge in [0.2, 0.25) is 0 Å². The molecule has 0 saturated heterocycles. The predicted octanol–water partition coefficient (Wildman–Crippen LogP) is 11.0. The van der Waals surface area contributed by atoms with Crippen molar-refractivity contribution in [2.75, 3.05) is 13.2 Å². The molecule has 2 rings (SSSR count). The largest absolute Gasteiger partial charge is 0.494 e. The maximum atomic E-state index is 5.98. The molecule has 2 heteroatoms. The SMILES string of the molecule is C=C(CCCOc1ccc(C)cc1)CC(CCCC(CC)CCC)C(CC)c1ccc(OCCC)c(C)c1. The average Bonchev–Trinajstić information content (AvgIpc) is 2.91. The zero-order valence-corrected chi connectivity index (χ0v) is 25.5. The van der Waals surface area contributed by atoms with Crippen LogP contribution in [0.15, 0.2) is 54.6 Å². The Morgan fingerprint density at radius 1 is 0.789 bits per heavy atom. The molecule has 0 amide bonds. The molecule has 2 aromatic carbocycles. The monoisotopic (exact) mass is 520 g/mol. The fourth-order valence-electron chi connectivity index (χ4n) is 5.81. The first-order valence-corrected chi connectivity index (χ1v) is 15.5. The van der Waals surface area contributed by atoms with E-state index in [-0.39, 0.29) is 0 Å². The van der Waals surface area contributed by atoms with Crippen molar-refractivity contribution in [2.45, 2.75) is 118 Å². The van der Waals surface area contributed by atoms with E-state index in [1.807, 2.05) is 0 Å². The van der Waals surface area contributed by atoms with Crippen LogP contribution in [0.1, 0.15) is 121 Å². The van der Waals surface area contributed by atoms with Crippen LogP contribution < -0.4 is 9.47 Å². The van der Waals surface area contributed by atoms with Crippen LogP contribution in [0.4, 0.5) is 0 Å². The summed E-state index contributed by atoms with van der Waals surface area (Å²) in [5, 5.41) is 0. The van der Waals surface area contributed by atoms with Crippen molar-refractivity contribution in [1.82, 2.24) is 0 Å². The van der Waals surface area contributed by atoms with Crippen molar-refractivity contribution in [3.05, 3.63) is 71.3 Å². The lowest BCUT2D eigenvalue weighted by molar-refractivity contribution is 0.305. The van der Waals surface area contributed by atoms with Crippen LogP contribution in [0, 0.1) is 25.7 Å². The summed E-state index contributed by atoms with van der Waals surface area (Å²) in [6, 6.07) is 15.3. The van der Waals surface area contributed by atoms with E-state index in [1.54, 1.807) is 0 Å². The highest BCUT2D eigenvalue weighted by Crippen LogP contribution is 2.38. The molecule has 2 aromatic rings. The molecule has 0 N–H and O–H groups in total. The number of hydrogen-bond acceptors (Lipinski definition) is 2. The number of allylic oxidation sites excluding steroid dienone is 1. The zero-order valence-electron chi connectivity index (χ0n) is 25.5. The Labute approximate surface area is 235 Å². The van der Waals surface area contributed by atoms with Gasteiger partial charge < -0.3 is 9.47 Å². The minimum absolute atomic E-state index is 0.556. The van der Waals surface area contributed by atoms with Crippen LogP contribution in [-0.4, -0.2) is 13.2 Å². The Kier molecular flexibility index (Phi) is 15.3. The van der Waals surface area contributed by atoms with Gasteiger partial charge in [0.1, 0.15) is 11.5 Å². The molecule has 2 nitrogen and oxygen atoms in total. The van der Waals surface area contributed by atoms with Gasteiger partial charge in [-0.2, -0.15) is 0 Å². The Bertz CT molecular complexity index is 913. The highest BCUT2D eigenvalue weighted by molar-refractivity contribution is 5.38. The summed E-state index contributed by atoms with van der Waals surface area (Å²) in [6.45, 7) is 19.6. The van der Waals surface area contributed by atoms with E-state index in [9.17, 15) is 0 Å². The highest BCUT2D eigenvalue weighted by Gasteiger charge is 2.23. The Morgan fingerprint density at radius 3 is 2.18 bits per heavy atom. The van der Waals surface area contributed by atoms with Gasteiger partial charge in [-0.3, -0.25) is 0 Å². The molecule has 212 valence electrons. The van der Waals surface area contributed by atoms with Crippen LogP contribution in [0.3, 0.4) is 0 Å². The van der Waals surface area contributed by atoms with Crippen LogP contribution in [0.25, 0.3) is 0 Å². The number of rotatable bonds is 20. The third-order valence-corrected chi connectivity index (χ3v) is 8.07. The van der Waals surface area contributed by atoms with Crippen LogP contribution >= 0.6 is 0 Å². The Balaban J connectivity index is 2.04. The van der Waals surface area contributed by atoms with Gasteiger partial charge in [0.05, 0.1) is 13.2 Å². The Morgan fingerprint density at radius 2 is 1.55 bits per heavy atom. The van der Waals surface area contributed by atoms with Crippen molar-refractivity contribution in [1.29, 1.82) is 0 Å². The normalized spacial score (nSPS) is 13.6. The maximum Gasteiger partial charge on any atom is 0.122 e. The van der Waals surface area contributed by atoms with Crippen molar-refractivity contribution < 1.29 is 9.47 Å². The second-order valence-corrected chi connectivity index (χ2v) is 11.4. The summed E-state index contributed by atoms with van der Waals surface area (Å²) in [5.74, 6) is 4.06. The van der Waals surface area contributed by atoms with Gasteiger partial charge in [0, 0.05) is 0 Å². The molecule has 3 unspecified atom stereocenters. The van der Waals surface area contributed by atoms with E-state index < -0.39 is 0 Å². The molecule has 0 aliphatic carbocycles. The topological polar surface area (TPSA) is 18.5 Å². The second kappa shape index (κ2) is 18.1. The second-order valence-electron chi connectivity index (χ2n) is 11.4. The first-order valence-electron chi connectivity index (χ1n) is 15.5. The van der Waals surface area contributed by atoms with Gasteiger partial charge in [0.25, 0.3) is 0 Å². The number of hydrogen-bond donors (Lipinski definition) is 0. The lowest BCUT2D eigenvalue weighted by atomic mass is 9.76. The number of aryl methyl sites for hydroxylation is 2. The fraction of sp³-hybridized carbons (Fsp3) is 0.611. The predicted molar refractivity (Wildman–Crippen MR) is 166 cm³/mol. The molecule has 0 radical (unpaired) electrons. The van der Waals surface area contributed by atoms with Gasteiger partial charge in [0.15, 0.2) is 0 Å². The van der Waals surface area contributed by atoms with Crippen LogP contribution in [-0.2, 0) is 0 Å². The molecule has 0 fully saturated rings. The van der Waals surface area contributed by atoms with Crippen molar-refractivity contribution in [3.8, 4) is 11.5 Å². The molecule has 0 saturated carbocycles. The molecule has 0 spiro atoms. The molecule has 0 bridgehead atoms. The maximum absolute atomic E-state index is 5.98. The lowest BCUT2D eigenvalue weighted by Crippen LogP contribution is -2.15. The third-order valence-electron chi connectivity index (χ3n) is 8.07. The van der Waals surface area contributed by atoms with E-state index in [1.165, 1.54) is 60.8 Å². The summed E-state index contributed by atoms with van der Waals surface area (Å²) >= 11 is 0. The number of benzene rings is 2. The first-order chi connectivity index (χ1) is 18.4. The van der Waals surface area contributed by atoms with Crippen molar-refractivity contribution in [3.63, 3.8) is 0 Å². The van der Waals surface area contributed by atoms with Crippen molar-refractivity contribution in [2.24, 2.45) is 11.8 Å². The van der Waals surface area contributed by atoms with E-state index >= 15 is 0 Å². The molecule has 0 aliphatic heterocycles. The molecular formula is C36H56O2. The van der Waals surface area contributed by atoms with Gasteiger partial charge in [-0.15, -0.1) is 0 Å². The van der Waals surface area contributed by atoms with Crippen molar-refractivity contribution >= 4 is 0 Å². The molecule has 0 aromatic heterocycles. The molecule has 38 heavy (non-hydrogen) atoms. The minimum atomic E-state index is 0.556. The van der Waals surface area contributed by atoms with E-state index in [2.05, 4.69) is 90.6 Å². The summed E-state index contributed by atoms with van der Waals surface area (Å²) < 4.78 is 12.0. The average molecular weight is 521 g/mol. The molecular weight excluding hydrogens is 464 g/mol. The first kappa shape index (κ1) is 32.0.